The van der Waals surface area contributed by atoms with Crippen molar-refractivity contribution in [2.45, 2.75) is 38.0 Å². The molecule has 1 aromatic rings. The smallest absolute Gasteiger partial charge is 0.243 e. The molecule has 16 heavy (non-hydrogen) atoms. The lowest BCUT2D eigenvalue weighted by molar-refractivity contribution is 0.578. The van der Waals surface area contributed by atoms with Gasteiger partial charge in [-0.3, -0.25) is 4.68 Å². The number of rotatable bonds is 5. The highest BCUT2D eigenvalue weighted by molar-refractivity contribution is 7.89. The first-order valence-electron chi connectivity index (χ1n) is 5.41. The van der Waals surface area contributed by atoms with Crippen LogP contribution in [0.15, 0.2) is 11.1 Å². The fourth-order valence-electron chi connectivity index (χ4n) is 1.41. The minimum atomic E-state index is -3.41. The molecule has 0 aromatic carbocycles. The van der Waals surface area contributed by atoms with Gasteiger partial charge in [-0.2, -0.15) is 5.10 Å². The van der Waals surface area contributed by atoms with Crippen LogP contribution >= 0.6 is 0 Å². The summed E-state index contributed by atoms with van der Waals surface area (Å²) in [5.41, 5.74) is 0.617. The Hall–Kier alpha value is -0.880. The standard InChI is InChI=1S/C10H19N3O2S/c1-5-6-11-16(14,15)9-7-13(4)12-10(9)8(2)3/h7-8,11H,5-6H2,1-4H3. The van der Waals surface area contributed by atoms with Gasteiger partial charge in [0.25, 0.3) is 0 Å². The molecular weight excluding hydrogens is 226 g/mol. The Bertz CT molecular complexity index is 449. The first-order valence-corrected chi connectivity index (χ1v) is 6.90. The number of nitrogens with one attached hydrogen (secondary N) is 1. The highest BCUT2D eigenvalue weighted by Gasteiger charge is 2.22. The minimum Gasteiger partial charge on any atom is -0.274 e. The van der Waals surface area contributed by atoms with Crippen molar-refractivity contribution in [1.29, 1.82) is 0 Å². The van der Waals surface area contributed by atoms with E-state index in [1.54, 1.807) is 13.2 Å². The molecule has 0 amide bonds. The highest BCUT2D eigenvalue weighted by atomic mass is 32.2. The van der Waals surface area contributed by atoms with Gasteiger partial charge in [0.2, 0.25) is 10.0 Å². The molecule has 0 radical (unpaired) electrons. The Labute approximate surface area is 96.9 Å². The summed E-state index contributed by atoms with van der Waals surface area (Å²) in [5, 5.41) is 4.18. The van der Waals surface area contributed by atoms with Crippen LogP contribution in [0.3, 0.4) is 0 Å². The first-order chi connectivity index (χ1) is 7.38. The molecule has 92 valence electrons. The molecule has 0 fully saturated rings. The van der Waals surface area contributed by atoms with Gasteiger partial charge in [-0.25, -0.2) is 13.1 Å². The summed E-state index contributed by atoms with van der Waals surface area (Å²) in [6.07, 6.45) is 2.32. The predicted molar refractivity (Wildman–Crippen MR) is 62.8 cm³/mol. The molecule has 0 saturated heterocycles. The van der Waals surface area contributed by atoms with E-state index in [4.69, 9.17) is 0 Å². The van der Waals surface area contributed by atoms with E-state index in [9.17, 15) is 8.42 Å². The van der Waals surface area contributed by atoms with Gasteiger partial charge < -0.3 is 0 Å². The van der Waals surface area contributed by atoms with Crippen LogP contribution in [0.2, 0.25) is 0 Å². The van der Waals surface area contributed by atoms with E-state index in [0.717, 1.165) is 6.42 Å². The second kappa shape index (κ2) is 4.97. The lowest BCUT2D eigenvalue weighted by Gasteiger charge is -2.07. The second-order valence-corrected chi connectivity index (χ2v) is 5.84. The van der Waals surface area contributed by atoms with Crippen LogP contribution in [0.5, 0.6) is 0 Å². The van der Waals surface area contributed by atoms with Crippen LogP contribution in [0, 0.1) is 0 Å². The summed E-state index contributed by atoms with van der Waals surface area (Å²) >= 11 is 0. The molecule has 5 nitrogen and oxygen atoms in total. The SMILES string of the molecule is CCCNS(=O)(=O)c1cn(C)nc1C(C)C. The van der Waals surface area contributed by atoms with E-state index in [2.05, 4.69) is 9.82 Å². The number of hydrogen-bond donors (Lipinski definition) is 1. The minimum absolute atomic E-state index is 0.0920. The predicted octanol–water partition coefficient (Wildman–Crippen LogP) is 1.23. The van der Waals surface area contributed by atoms with E-state index in [0.29, 0.717) is 17.1 Å². The van der Waals surface area contributed by atoms with Gasteiger partial charge in [-0.1, -0.05) is 20.8 Å². The number of aryl methyl sites for hydroxylation is 1. The fraction of sp³-hybridized carbons (Fsp3) is 0.700. The third-order valence-electron chi connectivity index (χ3n) is 2.20. The summed E-state index contributed by atoms with van der Waals surface area (Å²) in [4.78, 5) is 0.290. The molecule has 0 saturated carbocycles. The lowest BCUT2D eigenvalue weighted by Crippen LogP contribution is -2.25. The Balaban J connectivity index is 3.11. The molecule has 6 heteroatoms. The largest absolute Gasteiger partial charge is 0.274 e. The quantitative estimate of drug-likeness (QED) is 0.848. The fourth-order valence-corrected chi connectivity index (χ4v) is 2.88. The molecule has 0 bridgehead atoms. The van der Waals surface area contributed by atoms with Gasteiger partial charge in [0.05, 0.1) is 5.69 Å². The van der Waals surface area contributed by atoms with Crippen LogP contribution in [0.4, 0.5) is 0 Å². The maximum absolute atomic E-state index is 12.0. The Kier molecular flexibility index (Phi) is 4.09. The number of aromatic nitrogens is 2. The van der Waals surface area contributed by atoms with Crippen molar-refractivity contribution in [2.24, 2.45) is 7.05 Å². The topological polar surface area (TPSA) is 64.0 Å². The summed E-state index contributed by atoms with van der Waals surface area (Å²) < 4.78 is 28.0. The monoisotopic (exact) mass is 245 g/mol. The molecule has 0 unspecified atom stereocenters. The van der Waals surface area contributed by atoms with Crippen LogP contribution < -0.4 is 4.72 Å². The van der Waals surface area contributed by atoms with E-state index in [1.807, 2.05) is 20.8 Å². The summed E-state index contributed by atoms with van der Waals surface area (Å²) in [7, 11) is -1.68. The van der Waals surface area contributed by atoms with E-state index >= 15 is 0 Å². The first kappa shape index (κ1) is 13.2. The lowest BCUT2D eigenvalue weighted by atomic mass is 10.1. The zero-order valence-electron chi connectivity index (χ0n) is 10.2. The van der Waals surface area contributed by atoms with Gasteiger partial charge in [-0.05, 0) is 12.3 Å². The molecule has 1 rings (SSSR count). The van der Waals surface area contributed by atoms with Crippen LogP contribution in [-0.2, 0) is 17.1 Å². The van der Waals surface area contributed by atoms with Crippen LogP contribution in [-0.4, -0.2) is 24.7 Å². The second-order valence-electron chi connectivity index (χ2n) is 4.10. The molecule has 0 atom stereocenters. The van der Waals surface area contributed by atoms with Crippen molar-refractivity contribution in [1.82, 2.24) is 14.5 Å². The van der Waals surface area contributed by atoms with Crippen LogP contribution in [0.1, 0.15) is 38.8 Å². The van der Waals surface area contributed by atoms with Crippen molar-refractivity contribution in [3.05, 3.63) is 11.9 Å². The van der Waals surface area contributed by atoms with Gasteiger partial charge in [0.1, 0.15) is 4.90 Å². The molecule has 0 aliphatic heterocycles. The molecular formula is C10H19N3O2S. The zero-order chi connectivity index (χ0) is 12.3. The van der Waals surface area contributed by atoms with Gasteiger partial charge in [-0.15, -0.1) is 0 Å². The molecule has 0 aliphatic rings. The maximum Gasteiger partial charge on any atom is 0.243 e. The molecule has 1 aromatic heterocycles. The van der Waals surface area contributed by atoms with Crippen molar-refractivity contribution >= 4 is 10.0 Å². The summed E-state index contributed by atoms with van der Waals surface area (Å²) in [6.45, 7) is 6.24. The van der Waals surface area contributed by atoms with E-state index in [1.165, 1.54) is 4.68 Å². The summed E-state index contributed by atoms with van der Waals surface area (Å²) in [5.74, 6) is 0.0920. The van der Waals surface area contributed by atoms with Gasteiger partial charge in [0, 0.05) is 19.8 Å². The van der Waals surface area contributed by atoms with Crippen LogP contribution in [0.25, 0.3) is 0 Å². The average molecular weight is 245 g/mol. The molecule has 0 spiro atoms. The van der Waals surface area contributed by atoms with E-state index in [-0.39, 0.29) is 5.92 Å². The average Bonchev–Trinajstić information content (AvgIpc) is 2.58. The molecule has 1 heterocycles. The third kappa shape index (κ3) is 2.82. The van der Waals surface area contributed by atoms with Crippen molar-refractivity contribution in [2.75, 3.05) is 6.54 Å². The maximum atomic E-state index is 12.0. The van der Waals surface area contributed by atoms with E-state index < -0.39 is 10.0 Å². The Morgan fingerprint density at radius 3 is 2.62 bits per heavy atom. The molecule has 0 aliphatic carbocycles. The highest BCUT2D eigenvalue weighted by Crippen LogP contribution is 2.21. The zero-order valence-corrected chi connectivity index (χ0v) is 11.0. The third-order valence-corrected chi connectivity index (χ3v) is 3.68. The normalized spacial score (nSPS) is 12.3. The summed E-state index contributed by atoms with van der Waals surface area (Å²) in [6, 6.07) is 0. The van der Waals surface area contributed by atoms with Gasteiger partial charge >= 0.3 is 0 Å². The number of nitrogens with zero attached hydrogens (tertiary/aromatic N) is 2. The number of hydrogen-bond acceptors (Lipinski definition) is 3. The van der Waals surface area contributed by atoms with Crippen molar-refractivity contribution < 1.29 is 8.42 Å². The van der Waals surface area contributed by atoms with Gasteiger partial charge in [0.15, 0.2) is 0 Å². The van der Waals surface area contributed by atoms with Crippen molar-refractivity contribution in [3.8, 4) is 0 Å². The van der Waals surface area contributed by atoms with Crippen molar-refractivity contribution in [3.63, 3.8) is 0 Å². The Morgan fingerprint density at radius 1 is 1.50 bits per heavy atom. The molecule has 1 N–H and O–H groups in total. The number of sulfonamides is 1. The Morgan fingerprint density at radius 2 is 2.12 bits per heavy atom.